The van der Waals surface area contributed by atoms with Gasteiger partial charge < -0.3 is 10.4 Å². The molecule has 6 nitrogen and oxygen atoms in total. The van der Waals surface area contributed by atoms with Crippen molar-refractivity contribution in [1.29, 1.82) is 0 Å². The van der Waals surface area contributed by atoms with E-state index in [1.54, 1.807) is 0 Å². The van der Waals surface area contributed by atoms with Crippen LogP contribution in [0.4, 0.5) is 27.6 Å². The van der Waals surface area contributed by atoms with Crippen molar-refractivity contribution in [3.8, 4) is 0 Å². The zero-order chi connectivity index (χ0) is 23.6. The topological polar surface area (TPSA) is 86.7 Å². The Bertz CT molecular complexity index is 1110. The third kappa shape index (κ3) is 4.92. The van der Waals surface area contributed by atoms with Crippen LogP contribution in [0, 0.1) is 17.5 Å². The minimum Gasteiger partial charge on any atom is -0.390 e. The smallest absolute Gasteiger partial charge is 0.255 e. The highest BCUT2D eigenvalue weighted by Gasteiger charge is 2.34. The molecule has 32 heavy (non-hydrogen) atoms. The first kappa shape index (κ1) is 24.1. The zero-order valence-electron chi connectivity index (χ0n) is 16.5. The molecule has 1 aliphatic heterocycles. The average molecular weight is 478 g/mol. The molecule has 1 amide bonds. The fourth-order valence-electron chi connectivity index (χ4n) is 3.30. The van der Waals surface area contributed by atoms with Crippen LogP contribution in [-0.2, 0) is 16.7 Å². The van der Waals surface area contributed by atoms with Crippen LogP contribution in [0.2, 0.25) is 0 Å². The second kappa shape index (κ2) is 9.51. The van der Waals surface area contributed by atoms with Crippen molar-refractivity contribution in [2.45, 2.75) is 36.7 Å². The Hall–Kier alpha value is -2.57. The molecule has 1 heterocycles. The van der Waals surface area contributed by atoms with E-state index in [1.807, 2.05) is 0 Å². The lowest BCUT2D eigenvalue weighted by Crippen LogP contribution is -2.38. The number of alkyl halides is 2. The lowest BCUT2D eigenvalue weighted by Gasteiger charge is -2.23. The minimum atomic E-state index is -4.44. The number of carbonyl (C=O) groups excluding carboxylic acids is 1. The second-order valence-electron chi connectivity index (χ2n) is 7.25. The molecule has 0 bridgehead atoms. The Labute approximate surface area is 180 Å². The molecule has 0 radical (unpaired) electrons. The van der Waals surface area contributed by atoms with Crippen molar-refractivity contribution in [2.75, 3.05) is 18.4 Å². The normalized spacial score (nSPS) is 20.1. The molecule has 0 aliphatic carbocycles. The Morgan fingerprint density at radius 2 is 1.81 bits per heavy atom. The van der Waals surface area contributed by atoms with E-state index in [2.05, 4.69) is 5.32 Å². The van der Waals surface area contributed by atoms with E-state index in [9.17, 15) is 40.3 Å². The number of aliphatic hydroxyl groups excluding tert-OH is 1. The predicted octanol–water partition coefficient (Wildman–Crippen LogP) is 3.31. The lowest BCUT2D eigenvalue weighted by atomic mass is 10.1. The Morgan fingerprint density at radius 1 is 1.16 bits per heavy atom. The van der Waals surface area contributed by atoms with Gasteiger partial charge in [-0.1, -0.05) is 6.07 Å². The van der Waals surface area contributed by atoms with E-state index in [4.69, 9.17) is 0 Å². The van der Waals surface area contributed by atoms with Crippen LogP contribution in [0.5, 0.6) is 0 Å². The van der Waals surface area contributed by atoms with Gasteiger partial charge in [0.1, 0.15) is 12.8 Å². The molecule has 12 heteroatoms. The summed E-state index contributed by atoms with van der Waals surface area (Å²) in [5.41, 5.74) is -0.995. The van der Waals surface area contributed by atoms with Gasteiger partial charge in [-0.05, 0) is 25.0 Å². The molecule has 1 unspecified atom stereocenters. The monoisotopic (exact) mass is 478 g/mol. The summed E-state index contributed by atoms with van der Waals surface area (Å²) in [5, 5.41) is 11.7. The highest BCUT2D eigenvalue weighted by Crippen LogP contribution is 2.27. The van der Waals surface area contributed by atoms with Crippen LogP contribution >= 0.6 is 0 Å². The van der Waals surface area contributed by atoms with Gasteiger partial charge in [0, 0.05) is 42.0 Å². The van der Waals surface area contributed by atoms with Crippen molar-refractivity contribution in [3.05, 3.63) is 58.9 Å². The van der Waals surface area contributed by atoms with Crippen molar-refractivity contribution >= 4 is 21.6 Å². The molecule has 3 rings (SSSR count). The fraction of sp³-hybridized carbons (Fsp3) is 0.350. The molecular weight excluding hydrogens is 459 g/mol. The molecule has 0 saturated carbocycles. The van der Waals surface area contributed by atoms with E-state index in [-0.39, 0.29) is 30.5 Å². The van der Waals surface area contributed by atoms with Crippen LogP contribution in [0.3, 0.4) is 0 Å². The maximum Gasteiger partial charge on any atom is 0.255 e. The highest BCUT2D eigenvalue weighted by atomic mass is 32.2. The molecule has 174 valence electrons. The van der Waals surface area contributed by atoms with E-state index < -0.39 is 69.5 Å². The van der Waals surface area contributed by atoms with Gasteiger partial charge in [0.05, 0.1) is 11.0 Å². The average Bonchev–Trinajstić information content (AvgIpc) is 2.92. The summed E-state index contributed by atoms with van der Waals surface area (Å²) >= 11 is 0. The van der Waals surface area contributed by atoms with E-state index in [0.717, 1.165) is 22.5 Å². The lowest BCUT2D eigenvalue weighted by molar-refractivity contribution is 0.0732. The van der Waals surface area contributed by atoms with E-state index in [0.29, 0.717) is 12.1 Å². The maximum atomic E-state index is 14.1. The SMILES string of the molecule is O=C(Nc1cc(F)c(F)c(F)c1)c1ccc(CF)c(S(=O)(=O)N2CCCC(O)[C@@H](F)C2)c1. The van der Waals surface area contributed by atoms with Gasteiger partial charge in [-0.2, -0.15) is 4.31 Å². The number of sulfonamides is 1. The highest BCUT2D eigenvalue weighted by molar-refractivity contribution is 7.89. The minimum absolute atomic E-state index is 0.0520. The molecule has 2 aromatic rings. The van der Waals surface area contributed by atoms with Gasteiger partial charge >= 0.3 is 0 Å². The van der Waals surface area contributed by atoms with Gasteiger partial charge in [-0.15, -0.1) is 0 Å². The van der Waals surface area contributed by atoms with E-state index >= 15 is 0 Å². The molecule has 0 spiro atoms. The number of nitrogens with zero attached hydrogens (tertiary/aromatic N) is 1. The van der Waals surface area contributed by atoms with Gasteiger partial charge in [0.25, 0.3) is 5.91 Å². The quantitative estimate of drug-likeness (QED) is 0.510. The summed E-state index contributed by atoms with van der Waals surface area (Å²) in [4.78, 5) is 11.9. The molecule has 1 saturated heterocycles. The van der Waals surface area contributed by atoms with Crippen LogP contribution in [0.15, 0.2) is 35.2 Å². The summed E-state index contributed by atoms with van der Waals surface area (Å²) in [6.45, 7) is -1.95. The molecule has 1 fully saturated rings. The number of aliphatic hydroxyl groups is 1. The largest absolute Gasteiger partial charge is 0.390 e. The summed E-state index contributed by atoms with van der Waals surface area (Å²) in [7, 11) is -4.44. The Balaban J connectivity index is 1.93. The number of halogens is 5. The van der Waals surface area contributed by atoms with Gasteiger partial charge in [0.2, 0.25) is 10.0 Å². The van der Waals surface area contributed by atoms with Gasteiger partial charge in [0.15, 0.2) is 17.5 Å². The predicted molar refractivity (Wildman–Crippen MR) is 104 cm³/mol. The molecule has 2 aromatic carbocycles. The summed E-state index contributed by atoms with van der Waals surface area (Å²) < 4.78 is 94.3. The number of carbonyl (C=O) groups is 1. The maximum absolute atomic E-state index is 14.1. The number of nitrogens with one attached hydrogen (secondary N) is 1. The van der Waals surface area contributed by atoms with Gasteiger partial charge in [-0.3, -0.25) is 4.79 Å². The zero-order valence-corrected chi connectivity index (χ0v) is 17.3. The standard InChI is InChI=1S/C20H19F5N2O4S/c21-9-12-4-3-11(20(29)26-13-7-14(22)19(25)15(23)8-13)6-18(12)32(30,31)27-5-1-2-17(28)16(24)10-27/h3-4,6-8,16-17,28H,1-2,5,9-10H2,(H,26,29)/t16-,17?/m0/s1. The molecule has 2 N–H and O–H groups in total. The van der Waals surface area contributed by atoms with Crippen LogP contribution in [0.1, 0.15) is 28.8 Å². The first-order valence-electron chi connectivity index (χ1n) is 9.51. The third-order valence-electron chi connectivity index (χ3n) is 5.04. The van der Waals surface area contributed by atoms with Crippen molar-refractivity contribution in [2.24, 2.45) is 0 Å². The number of benzene rings is 2. The molecular formula is C20H19F5N2O4S. The number of hydrogen-bond acceptors (Lipinski definition) is 4. The number of amides is 1. The Morgan fingerprint density at radius 3 is 2.44 bits per heavy atom. The first-order chi connectivity index (χ1) is 15.0. The second-order valence-corrected chi connectivity index (χ2v) is 9.16. The number of rotatable bonds is 5. The van der Waals surface area contributed by atoms with E-state index in [1.165, 1.54) is 0 Å². The summed E-state index contributed by atoms with van der Waals surface area (Å²) in [6, 6.07) is 4.09. The molecule has 2 atom stereocenters. The van der Waals surface area contributed by atoms with Crippen LogP contribution in [0.25, 0.3) is 0 Å². The van der Waals surface area contributed by atoms with Crippen molar-refractivity contribution in [3.63, 3.8) is 0 Å². The summed E-state index contributed by atoms with van der Waals surface area (Å²) in [5.74, 6) is -5.80. The van der Waals surface area contributed by atoms with Crippen molar-refractivity contribution < 1.29 is 40.3 Å². The third-order valence-corrected chi connectivity index (χ3v) is 6.98. The Kier molecular flexibility index (Phi) is 7.16. The van der Waals surface area contributed by atoms with Crippen LogP contribution < -0.4 is 5.32 Å². The summed E-state index contributed by atoms with van der Waals surface area (Å²) in [6.07, 6.45) is -2.94. The van der Waals surface area contributed by atoms with Crippen molar-refractivity contribution in [1.82, 2.24) is 4.31 Å². The molecule has 0 aromatic heterocycles. The van der Waals surface area contributed by atoms with Gasteiger partial charge in [-0.25, -0.2) is 30.4 Å². The fourth-order valence-corrected chi connectivity index (χ4v) is 5.02. The van der Waals surface area contributed by atoms with Crippen LogP contribution in [-0.4, -0.2) is 49.1 Å². The molecule has 1 aliphatic rings. The first-order valence-corrected chi connectivity index (χ1v) is 11.0. The number of anilines is 1. The number of hydrogen-bond donors (Lipinski definition) is 2.